The second kappa shape index (κ2) is 5.22. The van der Waals surface area contributed by atoms with E-state index in [2.05, 4.69) is 0 Å². The number of carbonyl (C=O) groups excluding carboxylic acids is 1. The predicted octanol–water partition coefficient (Wildman–Crippen LogP) is 0.543. The molecule has 0 saturated carbocycles. The van der Waals surface area contributed by atoms with Crippen molar-refractivity contribution in [3.63, 3.8) is 0 Å². The van der Waals surface area contributed by atoms with Crippen molar-refractivity contribution in [3.8, 4) is 0 Å². The Morgan fingerprint density at radius 1 is 1.00 bits per heavy atom. The van der Waals surface area contributed by atoms with Crippen LogP contribution >= 0.6 is 0 Å². The molecule has 0 saturated heterocycles. The van der Waals surface area contributed by atoms with Gasteiger partial charge in [0.1, 0.15) is 0 Å². The average Bonchev–Trinajstić information content (AvgIpc) is 1.82. The summed E-state index contributed by atoms with van der Waals surface area (Å²) >= 11 is 0. The summed E-state index contributed by atoms with van der Waals surface area (Å²) in [4.78, 5) is 9.82. The summed E-state index contributed by atoms with van der Waals surface area (Å²) in [6.45, 7) is 0. The molecule has 2 nitrogen and oxygen atoms in total. The molecular weight excluding hydrogens is 246 g/mol. The Morgan fingerprint density at radius 2 is 1.36 bits per heavy atom. The zero-order valence-corrected chi connectivity index (χ0v) is 8.58. The molecule has 9 heteroatoms. The van der Waals surface area contributed by atoms with Crippen LogP contribution in [0.5, 0.6) is 0 Å². The van der Waals surface area contributed by atoms with E-state index in [0.29, 0.717) is 0 Å². The molecule has 14 heavy (non-hydrogen) atoms. The molecule has 0 aliphatic rings. The van der Waals surface area contributed by atoms with E-state index >= 15 is 0 Å². The Bertz CT molecular complexity index is 240. The van der Waals surface area contributed by atoms with Crippen LogP contribution in [0.4, 0.5) is 26.3 Å². The van der Waals surface area contributed by atoms with Crippen molar-refractivity contribution < 1.29 is 36.2 Å². The minimum atomic E-state index is -5.46. The molecule has 0 rings (SSSR count). The van der Waals surface area contributed by atoms with Gasteiger partial charge in [0.15, 0.2) is 0 Å². The van der Waals surface area contributed by atoms with E-state index < -0.39 is 30.0 Å². The van der Waals surface area contributed by atoms with Crippen LogP contribution in [0.2, 0.25) is 0 Å². The standard InChI is InChI=1S/C5H2F6O2.Ca/c6-4(7,8)2(12)1-3(13)5(9,10)11;/h1,12H;/q;+2/p-1/b2-1-;. The predicted molar refractivity (Wildman–Crippen MR) is 31.0 cm³/mol. The van der Waals surface area contributed by atoms with Gasteiger partial charge in [-0.15, -0.1) is 0 Å². The maximum Gasteiger partial charge on any atom is 2.00 e. The third-order valence-electron chi connectivity index (χ3n) is 0.821. The molecule has 76 valence electrons. The van der Waals surface area contributed by atoms with Gasteiger partial charge >= 0.3 is 50.1 Å². The Kier molecular flexibility index (Phi) is 6.15. The Balaban J connectivity index is 0. The first-order valence-electron chi connectivity index (χ1n) is 2.62. The first-order valence-corrected chi connectivity index (χ1v) is 2.62. The van der Waals surface area contributed by atoms with Gasteiger partial charge < -0.3 is 5.11 Å². The normalized spacial score (nSPS) is 13.4. The molecular formula is C5HCaF6O2+. The molecule has 0 amide bonds. The maximum absolute atomic E-state index is 11.3. The molecule has 0 aromatic heterocycles. The van der Waals surface area contributed by atoms with Gasteiger partial charge in [-0.25, -0.2) is 0 Å². The Morgan fingerprint density at radius 3 is 1.57 bits per heavy atom. The smallest absolute Gasteiger partial charge is 0.869 e. The van der Waals surface area contributed by atoms with Gasteiger partial charge in [-0.1, -0.05) is 0 Å². The van der Waals surface area contributed by atoms with Crippen LogP contribution in [-0.4, -0.2) is 55.9 Å². The second-order valence-corrected chi connectivity index (χ2v) is 1.87. The molecule has 0 aliphatic heterocycles. The first kappa shape index (κ1) is 16.5. The third kappa shape index (κ3) is 5.71. The fourth-order valence-electron chi connectivity index (χ4n) is 0.283. The van der Waals surface area contributed by atoms with Gasteiger partial charge in [-0.3, -0.25) is 4.79 Å². The van der Waals surface area contributed by atoms with Crippen molar-refractivity contribution in [3.05, 3.63) is 11.8 Å². The minimum absolute atomic E-state index is 0. The van der Waals surface area contributed by atoms with Gasteiger partial charge in [-0.05, 0) is 11.8 Å². The molecule has 0 atom stereocenters. The van der Waals surface area contributed by atoms with E-state index in [1.807, 2.05) is 0 Å². The molecule has 0 heterocycles. The topological polar surface area (TPSA) is 40.1 Å². The quantitative estimate of drug-likeness (QED) is 0.294. The molecule has 0 aliphatic carbocycles. The fraction of sp³-hybridized carbons (Fsp3) is 0.400. The van der Waals surface area contributed by atoms with Crippen LogP contribution in [0, 0.1) is 0 Å². The number of alkyl halides is 6. The zero-order valence-electron chi connectivity index (χ0n) is 6.37. The molecule has 0 bridgehead atoms. The molecule has 0 radical (unpaired) electrons. The van der Waals surface area contributed by atoms with Crippen LogP contribution < -0.4 is 5.11 Å². The van der Waals surface area contributed by atoms with E-state index in [4.69, 9.17) is 0 Å². The molecule has 0 unspecified atom stereocenters. The number of ketones is 1. The monoisotopic (exact) mass is 247 g/mol. The van der Waals surface area contributed by atoms with E-state index in [1.54, 1.807) is 0 Å². The number of allylic oxidation sites excluding steroid dienone is 2. The zero-order chi connectivity index (χ0) is 10.9. The Hall–Kier alpha value is 0.0497. The van der Waals surface area contributed by atoms with Crippen LogP contribution in [-0.2, 0) is 4.79 Å². The van der Waals surface area contributed by atoms with Crippen molar-refractivity contribution in [1.82, 2.24) is 0 Å². The van der Waals surface area contributed by atoms with E-state index in [9.17, 15) is 36.2 Å². The summed E-state index contributed by atoms with van der Waals surface area (Å²) in [6, 6.07) is 0. The van der Waals surface area contributed by atoms with Gasteiger partial charge in [-0.2, -0.15) is 26.3 Å². The van der Waals surface area contributed by atoms with Crippen molar-refractivity contribution >= 4 is 43.5 Å². The maximum atomic E-state index is 11.3. The summed E-state index contributed by atoms with van der Waals surface area (Å²) in [6.07, 6.45) is -11.9. The summed E-state index contributed by atoms with van der Waals surface area (Å²) in [5.41, 5.74) is 0. The third-order valence-corrected chi connectivity index (χ3v) is 0.821. The number of carbonyl (C=O) groups is 1. The first-order chi connectivity index (χ1) is 5.55. The van der Waals surface area contributed by atoms with Crippen LogP contribution in [0.25, 0.3) is 0 Å². The van der Waals surface area contributed by atoms with Crippen LogP contribution in [0.15, 0.2) is 11.8 Å². The number of rotatable bonds is 1. The largest absolute Gasteiger partial charge is 2.00 e. The number of hydrogen-bond acceptors (Lipinski definition) is 2. The summed E-state index contributed by atoms with van der Waals surface area (Å²) in [5.74, 6) is -5.65. The van der Waals surface area contributed by atoms with E-state index in [1.165, 1.54) is 0 Å². The van der Waals surface area contributed by atoms with Crippen LogP contribution in [0.3, 0.4) is 0 Å². The molecule has 0 aromatic rings. The second-order valence-electron chi connectivity index (χ2n) is 1.87. The van der Waals surface area contributed by atoms with E-state index in [-0.39, 0.29) is 37.7 Å². The number of hydrogen-bond donors (Lipinski definition) is 0. The van der Waals surface area contributed by atoms with Gasteiger partial charge in [0.25, 0.3) is 5.78 Å². The molecule has 0 aromatic carbocycles. The van der Waals surface area contributed by atoms with Gasteiger partial charge in [0.2, 0.25) is 0 Å². The fourth-order valence-corrected chi connectivity index (χ4v) is 0.283. The summed E-state index contributed by atoms with van der Waals surface area (Å²) < 4.78 is 67.8. The van der Waals surface area contributed by atoms with Gasteiger partial charge in [0, 0.05) is 0 Å². The Labute approximate surface area is 104 Å². The van der Waals surface area contributed by atoms with Crippen molar-refractivity contribution in [2.45, 2.75) is 12.4 Å². The van der Waals surface area contributed by atoms with E-state index in [0.717, 1.165) is 0 Å². The summed E-state index contributed by atoms with van der Waals surface area (Å²) in [7, 11) is 0. The van der Waals surface area contributed by atoms with Crippen molar-refractivity contribution in [1.29, 1.82) is 0 Å². The molecule has 0 fully saturated rings. The van der Waals surface area contributed by atoms with Crippen LogP contribution in [0.1, 0.15) is 0 Å². The van der Waals surface area contributed by atoms with Crippen molar-refractivity contribution in [2.75, 3.05) is 0 Å². The SMILES string of the molecule is O=C(/C=C(\[O-])C(F)(F)F)C(F)(F)F.[Ca+2]. The molecule has 0 N–H and O–H groups in total. The van der Waals surface area contributed by atoms with Gasteiger partial charge in [0.05, 0.1) is 0 Å². The molecule has 0 spiro atoms. The summed E-state index contributed by atoms with van der Waals surface area (Å²) in [5, 5.41) is 9.82. The minimum Gasteiger partial charge on any atom is -0.869 e. The van der Waals surface area contributed by atoms with Crippen molar-refractivity contribution in [2.24, 2.45) is 0 Å². The average molecular weight is 247 g/mol. The number of halogens is 6.